The summed E-state index contributed by atoms with van der Waals surface area (Å²) in [6.07, 6.45) is 0. The normalized spacial score (nSPS) is 10.5. The van der Waals surface area contributed by atoms with Gasteiger partial charge in [0.15, 0.2) is 6.61 Å². The second-order valence-corrected chi connectivity index (χ2v) is 4.97. The van der Waals surface area contributed by atoms with E-state index in [0.29, 0.717) is 5.82 Å². The molecule has 116 valence electrons. The predicted molar refractivity (Wildman–Crippen MR) is 82.2 cm³/mol. The van der Waals surface area contributed by atoms with Crippen LogP contribution in [0.5, 0.6) is 5.75 Å². The maximum atomic E-state index is 11.1. The van der Waals surface area contributed by atoms with Gasteiger partial charge in [-0.05, 0) is 19.1 Å². The molecule has 2 aromatic carbocycles. The number of carboxylic acid groups (broad SMARTS) is 1. The molecule has 0 aliphatic heterocycles. The molecular weight excluding hydrogens is 296 g/mol. The number of nitrogens with zero attached hydrogens (tertiary/aromatic N) is 2. The van der Waals surface area contributed by atoms with Crippen LogP contribution in [0.4, 0.5) is 0 Å². The number of aromatic nitrogens is 2. The number of benzene rings is 2. The van der Waals surface area contributed by atoms with Gasteiger partial charge in [-0.2, -0.15) is 4.98 Å². The molecule has 0 saturated heterocycles. The summed E-state index contributed by atoms with van der Waals surface area (Å²) in [5.41, 5.74) is 2.08. The third kappa shape index (κ3) is 3.37. The summed E-state index contributed by atoms with van der Waals surface area (Å²) in [4.78, 5) is 15.4. The summed E-state index contributed by atoms with van der Waals surface area (Å²) in [6.45, 7) is 2.00. The summed E-state index contributed by atoms with van der Waals surface area (Å²) < 4.78 is 10.6. The van der Waals surface area contributed by atoms with E-state index in [0.717, 1.165) is 11.1 Å². The second kappa shape index (κ2) is 6.31. The van der Waals surface area contributed by atoms with Crippen LogP contribution in [0, 0.1) is 6.92 Å². The highest BCUT2D eigenvalue weighted by Crippen LogP contribution is 2.20. The van der Waals surface area contributed by atoms with E-state index in [1.54, 1.807) is 18.2 Å². The van der Waals surface area contributed by atoms with Gasteiger partial charge in [0.2, 0.25) is 5.82 Å². The summed E-state index contributed by atoms with van der Waals surface area (Å²) in [5, 5.41) is 13.0. The zero-order valence-electron chi connectivity index (χ0n) is 12.4. The van der Waals surface area contributed by atoms with E-state index in [9.17, 15) is 4.79 Å². The minimum atomic E-state index is -1.05. The molecule has 0 aliphatic rings. The molecule has 0 radical (unpaired) electrons. The number of carboxylic acids is 1. The molecule has 0 saturated carbocycles. The molecule has 1 heterocycles. The Kier molecular flexibility index (Phi) is 4.05. The first-order chi connectivity index (χ1) is 11.1. The van der Waals surface area contributed by atoms with Gasteiger partial charge in [0.25, 0.3) is 5.89 Å². The van der Waals surface area contributed by atoms with Gasteiger partial charge in [0.1, 0.15) is 11.3 Å². The molecule has 1 aromatic heterocycles. The van der Waals surface area contributed by atoms with Crippen LogP contribution in [-0.2, 0) is 6.61 Å². The topological polar surface area (TPSA) is 85.5 Å². The third-order valence-electron chi connectivity index (χ3n) is 3.25. The molecule has 3 aromatic rings. The molecule has 0 bridgehead atoms. The SMILES string of the molecule is Cc1ccc(-c2noc(COc3ccccc3C(=O)O)n2)cc1. The number of rotatable bonds is 5. The first-order valence-electron chi connectivity index (χ1n) is 6.98. The molecular formula is C17H14N2O4. The van der Waals surface area contributed by atoms with Gasteiger partial charge < -0.3 is 14.4 Å². The fourth-order valence-electron chi connectivity index (χ4n) is 2.04. The summed E-state index contributed by atoms with van der Waals surface area (Å²) in [6, 6.07) is 14.1. The lowest BCUT2D eigenvalue weighted by molar-refractivity contribution is 0.0691. The Morgan fingerprint density at radius 2 is 1.91 bits per heavy atom. The molecule has 0 fully saturated rings. The minimum absolute atomic E-state index is 0.00313. The zero-order valence-corrected chi connectivity index (χ0v) is 12.4. The van der Waals surface area contributed by atoms with Crippen LogP contribution in [0.25, 0.3) is 11.4 Å². The van der Waals surface area contributed by atoms with Crippen molar-refractivity contribution in [2.75, 3.05) is 0 Å². The Bertz CT molecular complexity index is 825. The molecule has 1 N–H and O–H groups in total. The molecule has 6 heteroatoms. The van der Waals surface area contributed by atoms with Crippen molar-refractivity contribution in [2.24, 2.45) is 0 Å². The molecule has 3 rings (SSSR count). The van der Waals surface area contributed by atoms with E-state index in [-0.39, 0.29) is 23.8 Å². The van der Waals surface area contributed by atoms with Crippen molar-refractivity contribution in [3.63, 3.8) is 0 Å². The van der Waals surface area contributed by atoms with Gasteiger partial charge in [-0.1, -0.05) is 47.1 Å². The molecule has 0 atom stereocenters. The van der Waals surface area contributed by atoms with Crippen LogP contribution in [-0.4, -0.2) is 21.2 Å². The molecule has 0 unspecified atom stereocenters. The van der Waals surface area contributed by atoms with Crippen molar-refractivity contribution in [3.05, 3.63) is 65.5 Å². The Hall–Kier alpha value is -3.15. The average Bonchev–Trinajstić information content (AvgIpc) is 3.03. The van der Waals surface area contributed by atoms with Crippen molar-refractivity contribution in [2.45, 2.75) is 13.5 Å². The first-order valence-corrected chi connectivity index (χ1v) is 6.98. The largest absolute Gasteiger partial charge is 0.483 e. The van der Waals surface area contributed by atoms with Gasteiger partial charge in [-0.25, -0.2) is 4.79 Å². The fraction of sp³-hybridized carbons (Fsp3) is 0.118. The maximum absolute atomic E-state index is 11.1. The third-order valence-corrected chi connectivity index (χ3v) is 3.25. The first kappa shape index (κ1) is 14.8. The van der Waals surface area contributed by atoms with Crippen LogP contribution >= 0.6 is 0 Å². The highest BCUT2D eigenvalue weighted by atomic mass is 16.5. The molecule has 0 amide bonds. The Labute approximate surface area is 132 Å². The number of hydrogen-bond acceptors (Lipinski definition) is 5. The van der Waals surface area contributed by atoms with Crippen molar-refractivity contribution in [3.8, 4) is 17.1 Å². The van der Waals surface area contributed by atoms with E-state index >= 15 is 0 Å². The van der Waals surface area contributed by atoms with Crippen LogP contribution in [0.15, 0.2) is 53.1 Å². The monoisotopic (exact) mass is 310 g/mol. The smallest absolute Gasteiger partial charge is 0.339 e. The van der Waals surface area contributed by atoms with Crippen LogP contribution in [0.1, 0.15) is 21.8 Å². The van der Waals surface area contributed by atoms with Crippen molar-refractivity contribution < 1.29 is 19.2 Å². The number of ether oxygens (including phenoxy) is 1. The van der Waals surface area contributed by atoms with Gasteiger partial charge in [0.05, 0.1) is 0 Å². The average molecular weight is 310 g/mol. The lowest BCUT2D eigenvalue weighted by atomic mass is 10.1. The quantitative estimate of drug-likeness (QED) is 0.778. The maximum Gasteiger partial charge on any atom is 0.339 e. The fourth-order valence-corrected chi connectivity index (χ4v) is 2.04. The van der Waals surface area contributed by atoms with E-state index in [2.05, 4.69) is 10.1 Å². The standard InChI is InChI=1S/C17H14N2O4/c1-11-6-8-12(9-7-11)16-18-15(23-19-16)10-22-14-5-3-2-4-13(14)17(20)21/h2-9H,10H2,1H3,(H,20,21). The van der Waals surface area contributed by atoms with Crippen LogP contribution in [0.3, 0.4) is 0 Å². The van der Waals surface area contributed by atoms with Crippen molar-refractivity contribution >= 4 is 5.97 Å². The van der Waals surface area contributed by atoms with Crippen LogP contribution < -0.4 is 4.74 Å². The van der Waals surface area contributed by atoms with E-state index in [1.165, 1.54) is 6.07 Å². The number of hydrogen-bond donors (Lipinski definition) is 1. The summed E-state index contributed by atoms with van der Waals surface area (Å²) in [5.74, 6) is -0.0440. The molecule has 0 aliphatic carbocycles. The van der Waals surface area contributed by atoms with Gasteiger partial charge in [-0.3, -0.25) is 0 Å². The minimum Gasteiger partial charge on any atom is -0.483 e. The summed E-state index contributed by atoms with van der Waals surface area (Å²) in [7, 11) is 0. The number of para-hydroxylation sites is 1. The van der Waals surface area contributed by atoms with Gasteiger partial charge >= 0.3 is 5.97 Å². The van der Waals surface area contributed by atoms with Gasteiger partial charge in [-0.15, -0.1) is 0 Å². The van der Waals surface area contributed by atoms with E-state index in [1.807, 2.05) is 31.2 Å². The highest BCUT2D eigenvalue weighted by Gasteiger charge is 2.13. The lowest BCUT2D eigenvalue weighted by Gasteiger charge is -2.05. The summed E-state index contributed by atoms with van der Waals surface area (Å²) >= 11 is 0. The Morgan fingerprint density at radius 3 is 2.65 bits per heavy atom. The van der Waals surface area contributed by atoms with E-state index in [4.69, 9.17) is 14.4 Å². The number of aromatic carboxylic acids is 1. The predicted octanol–water partition coefficient (Wildman–Crippen LogP) is 3.32. The number of aryl methyl sites for hydroxylation is 1. The zero-order chi connectivity index (χ0) is 16.2. The van der Waals surface area contributed by atoms with Crippen LogP contribution in [0.2, 0.25) is 0 Å². The van der Waals surface area contributed by atoms with Crippen molar-refractivity contribution in [1.29, 1.82) is 0 Å². The highest BCUT2D eigenvalue weighted by molar-refractivity contribution is 5.90. The van der Waals surface area contributed by atoms with E-state index < -0.39 is 5.97 Å². The Balaban J connectivity index is 1.73. The lowest BCUT2D eigenvalue weighted by Crippen LogP contribution is -2.03. The molecule has 23 heavy (non-hydrogen) atoms. The number of carbonyl (C=O) groups is 1. The van der Waals surface area contributed by atoms with Crippen molar-refractivity contribution in [1.82, 2.24) is 10.1 Å². The molecule has 6 nitrogen and oxygen atoms in total. The molecule has 0 spiro atoms. The second-order valence-electron chi connectivity index (χ2n) is 4.97. The van der Waals surface area contributed by atoms with Gasteiger partial charge in [0, 0.05) is 5.56 Å². The Morgan fingerprint density at radius 1 is 1.17 bits per heavy atom.